The second-order valence-corrected chi connectivity index (χ2v) is 1.82. The maximum atomic E-state index is 9.49. The van der Waals surface area contributed by atoms with Gasteiger partial charge in [-0.05, 0) is 5.92 Å². The van der Waals surface area contributed by atoms with E-state index in [9.17, 15) is 4.79 Å². The molecule has 0 bridgehead atoms. The van der Waals surface area contributed by atoms with Crippen LogP contribution in [0.15, 0.2) is 0 Å². The van der Waals surface area contributed by atoms with Gasteiger partial charge in [-0.1, -0.05) is 13.8 Å². The Labute approximate surface area is 43.5 Å². The second kappa shape index (κ2) is 3.65. The van der Waals surface area contributed by atoms with Crippen LogP contribution in [0.4, 0.5) is 0 Å². The van der Waals surface area contributed by atoms with Crippen LogP contribution in [0.1, 0.15) is 13.8 Å². The summed E-state index contributed by atoms with van der Waals surface area (Å²) in [7, 11) is 0. The minimum absolute atomic E-state index is 0.449. The minimum atomic E-state index is 0.449. The van der Waals surface area contributed by atoms with E-state index in [4.69, 9.17) is 0 Å². The Balaban J connectivity index is 2.81. The highest BCUT2D eigenvalue weighted by Crippen LogP contribution is 1.88. The van der Waals surface area contributed by atoms with Gasteiger partial charge < -0.3 is 4.74 Å². The zero-order valence-corrected chi connectivity index (χ0v) is 4.68. The molecule has 0 rings (SSSR count). The van der Waals surface area contributed by atoms with Crippen molar-refractivity contribution in [2.24, 2.45) is 5.92 Å². The SMILES string of the molecule is CC(C)COC=O. The van der Waals surface area contributed by atoms with Crippen molar-refractivity contribution in [1.29, 1.82) is 0 Å². The molecule has 0 heterocycles. The summed E-state index contributed by atoms with van der Waals surface area (Å²) >= 11 is 0. The minimum Gasteiger partial charge on any atom is -0.468 e. The van der Waals surface area contributed by atoms with Gasteiger partial charge in [-0.25, -0.2) is 0 Å². The molecule has 0 aromatic carbocycles. The molecule has 0 N–H and O–H groups in total. The topological polar surface area (TPSA) is 26.3 Å². The summed E-state index contributed by atoms with van der Waals surface area (Å²) in [5.74, 6) is 0.449. The fourth-order valence-electron chi connectivity index (χ4n) is 0.232. The van der Waals surface area contributed by atoms with Gasteiger partial charge in [0.1, 0.15) is 0 Å². The first-order valence-corrected chi connectivity index (χ1v) is 2.32. The quantitative estimate of drug-likeness (QED) is 0.493. The van der Waals surface area contributed by atoms with E-state index in [1.807, 2.05) is 13.8 Å². The third-order valence-electron chi connectivity index (χ3n) is 0.498. The van der Waals surface area contributed by atoms with E-state index >= 15 is 0 Å². The first-order chi connectivity index (χ1) is 3.27. The number of carbonyl (C=O) groups is 1. The van der Waals surface area contributed by atoms with Gasteiger partial charge >= 0.3 is 0 Å². The zero-order valence-electron chi connectivity index (χ0n) is 4.68. The van der Waals surface area contributed by atoms with E-state index in [1.165, 1.54) is 0 Å². The summed E-state index contributed by atoms with van der Waals surface area (Å²) in [6, 6.07) is 0. The van der Waals surface area contributed by atoms with Gasteiger partial charge in [0.2, 0.25) is 0 Å². The Bertz CT molecular complexity index is 50.0. The first kappa shape index (κ1) is 6.47. The van der Waals surface area contributed by atoms with E-state index in [0.717, 1.165) is 0 Å². The van der Waals surface area contributed by atoms with Gasteiger partial charge in [0, 0.05) is 0 Å². The van der Waals surface area contributed by atoms with Crippen LogP contribution >= 0.6 is 0 Å². The average molecular weight is 102 g/mol. The van der Waals surface area contributed by atoms with Gasteiger partial charge in [-0.2, -0.15) is 0 Å². The molecule has 0 spiro atoms. The van der Waals surface area contributed by atoms with Crippen LogP contribution in [0.5, 0.6) is 0 Å². The van der Waals surface area contributed by atoms with Crippen molar-refractivity contribution in [3.05, 3.63) is 0 Å². The van der Waals surface area contributed by atoms with Gasteiger partial charge in [-0.15, -0.1) is 0 Å². The maximum absolute atomic E-state index is 9.49. The van der Waals surface area contributed by atoms with Crippen molar-refractivity contribution in [2.45, 2.75) is 13.8 Å². The lowest BCUT2D eigenvalue weighted by molar-refractivity contribution is -0.129. The number of hydrogen-bond donors (Lipinski definition) is 0. The van der Waals surface area contributed by atoms with Crippen molar-refractivity contribution in [3.63, 3.8) is 0 Å². The fraction of sp³-hybridized carbons (Fsp3) is 0.800. The molecule has 0 saturated carbocycles. The Morgan fingerprint density at radius 2 is 2.29 bits per heavy atom. The van der Waals surface area contributed by atoms with Crippen molar-refractivity contribution in [2.75, 3.05) is 6.61 Å². The van der Waals surface area contributed by atoms with E-state index in [1.54, 1.807) is 0 Å². The Morgan fingerprint density at radius 3 is 2.43 bits per heavy atom. The summed E-state index contributed by atoms with van der Waals surface area (Å²) in [5, 5.41) is 0. The number of hydrogen-bond acceptors (Lipinski definition) is 2. The summed E-state index contributed by atoms with van der Waals surface area (Å²) in [5.41, 5.74) is 0. The fourth-order valence-corrected chi connectivity index (χ4v) is 0.232. The lowest BCUT2D eigenvalue weighted by Crippen LogP contribution is -1.98. The molecule has 0 saturated heterocycles. The predicted octanol–water partition coefficient (Wildman–Crippen LogP) is 0.815. The van der Waals surface area contributed by atoms with Gasteiger partial charge in [0.15, 0.2) is 0 Å². The molecule has 0 aliphatic heterocycles. The maximum Gasteiger partial charge on any atom is 0.293 e. The van der Waals surface area contributed by atoms with E-state index in [2.05, 4.69) is 4.74 Å². The lowest BCUT2D eigenvalue weighted by Gasteiger charge is -1.98. The van der Waals surface area contributed by atoms with Gasteiger partial charge in [0.25, 0.3) is 6.47 Å². The largest absolute Gasteiger partial charge is 0.468 e. The van der Waals surface area contributed by atoms with Gasteiger partial charge in [-0.3, -0.25) is 4.79 Å². The molecule has 0 atom stereocenters. The average Bonchev–Trinajstić information content (AvgIpc) is 1.61. The van der Waals surface area contributed by atoms with Crippen LogP contribution < -0.4 is 0 Å². The molecule has 0 radical (unpaired) electrons. The molecule has 0 unspecified atom stereocenters. The van der Waals surface area contributed by atoms with Crippen molar-refractivity contribution in [1.82, 2.24) is 0 Å². The molecule has 0 fully saturated rings. The summed E-state index contributed by atoms with van der Waals surface area (Å²) in [6.07, 6.45) is 0. The third kappa shape index (κ3) is 5.47. The monoisotopic (exact) mass is 102 g/mol. The van der Waals surface area contributed by atoms with Crippen molar-refractivity contribution >= 4 is 6.47 Å². The highest BCUT2D eigenvalue weighted by atomic mass is 16.5. The smallest absolute Gasteiger partial charge is 0.293 e. The lowest BCUT2D eigenvalue weighted by atomic mass is 10.2. The highest BCUT2D eigenvalue weighted by Gasteiger charge is 1.88. The van der Waals surface area contributed by atoms with Gasteiger partial charge in [0.05, 0.1) is 6.61 Å². The number of rotatable bonds is 3. The Hall–Kier alpha value is -0.530. The molecule has 0 aromatic rings. The van der Waals surface area contributed by atoms with Crippen LogP contribution in [0, 0.1) is 5.92 Å². The van der Waals surface area contributed by atoms with Crippen LogP contribution in [0.25, 0.3) is 0 Å². The molecule has 0 aliphatic carbocycles. The summed E-state index contributed by atoms with van der Waals surface area (Å²) in [6.45, 7) is 4.98. The molecule has 2 heteroatoms. The molecule has 2 nitrogen and oxygen atoms in total. The standard InChI is InChI=1S/C5H10O2/c1-5(2)3-7-4-6/h4-5H,3H2,1-2H3. The summed E-state index contributed by atoms with van der Waals surface area (Å²) < 4.78 is 4.41. The molecule has 42 valence electrons. The van der Waals surface area contributed by atoms with E-state index in [0.29, 0.717) is 19.0 Å². The van der Waals surface area contributed by atoms with Crippen molar-refractivity contribution < 1.29 is 9.53 Å². The number of carbonyl (C=O) groups excluding carboxylic acids is 1. The highest BCUT2D eigenvalue weighted by molar-refractivity contribution is 5.36. The van der Waals surface area contributed by atoms with E-state index in [-0.39, 0.29) is 0 Å². The molecular formula is C5H10O2. The molecule has 0 aromatic heterocycles. The Kier molecular flexibility index (Phi) is 3.38. The normalized spacial score (nSPS) is 9.00. The van der Waals surface area contributed by atoms with Crippen LogP contribution in [-0.4, -0.2) is 13.1 Å². The van der Waals surface area contributed by atoms with Crippen LogP contribution in [0.2, 0.25) is 0 Å². The molecular weight excluding hydrogens is 92.1 g/mol. The third-order valence-corrected chi connectivity index (χ3v) is 0.498. The molecule has 7 heavy (non-hydrogen) atoms. The summed E-state index contributed by atoms with van der Waals surface area (Å²) in [4.78, 5) is 9.49. The second-order valence-electron chi connectivity index (χ2n) is 1.82. The Morgan fingerprint density at radius 1 is 1.71 bits per heavy atom. The van der Waals surface area contributed by atoms with Crippen molar-refractivity contribution in [3.8, 4) is 0 Å². The number of ether oxygens (including phenoxy) is 1. The predicted molar refractivity (Wildman–Crippen MR) is 26.9 cm³/mol. The molecule has 0 aliphatic rings. The van der Waals surface area contributed by atoms with E-state index < -0.39 is 0 Å². The first-order valence-electron chi connectivity index (χ1n) is 2.32. The zero-order chi connectivity index (χ0) is 5.70. The van der Waals surface area contributed by atoms with Crippen LogP contribution in [0.3, 0.4) is 0 Å². The molecule has 0 amide bonds. The van der Waals surface area contributed by atoms with Crippen LogP contribution in [-0.2, 0) is 9.53 Å².